The first-order valence-electron chi connectivity index (χ1n) is 9.03. The molecule has 144 valence electrons. The molecule has 2 heterocycles. The first-order chi connectivity index (χ1) is 13.2. The summed E-state index contributed by atoms with van der Waals surface area (Å²) in [6.07, 6.45) is 0.885. The maximum absolute atomic E-state index is 12.7. The van der Waals surface area contributed by atoms with Crippen LogP contribution < -0.4 is 10.2 Å². The number of ether oxygens (including phenoxy) is 1. The lowest BCUT2D eigenvalue weighted by molar-refractivity contribution is 0.0739. The van der Waals surface area contributed by atoms with E-state index >= 15 is 0 Å². The van der Waals surface area contributed by atoms with Gasteiger partial charge in [-0.05, 0) is 36.8 Å². The Labute approximate surface area is 164 Å². The van der Waals surface area contributed by atoms with Crippen molar-refractivity contribution in [2.45, 2.75) is 6.42 Å². The van der Waals surface area contributed by atoms with Gasteiger partial charge in [0, 0.05) is 57.2 Å². The smallest absolute Gasteiger partial charge is 0.274 e. The van der Waals surface area contributed by atoms with Crippen LogP contribution in [0.1, 0.15) is 16.9 Å². The summed E-state index contributed by atoms with van der Waals surface area (Å²) < 4.78 is 5.00. The zero-order valence-corrected chi connectivity index (χ0v) is 16.2. The minimum atomic E-state index is -0.0841. The number of piperazine rings is 1. The van der Waals surface area contributed by atoms with Crippen molar-refractivity contribution >= 4 is 29.0 Å². The summed E-state index contributed by atoms with van der Waals surface area (Å²) >= 11 is 6.07. The molecule has 1 amide bonds. The molecule has 0 aliphatic carbocycles. The highest BCUT2D eigenvalue weighted by Gasteiger charge is 2.23. The second-order valence-corrected chi connectivity index (χ2v) is 6.77. The van der Waals surface area contributed by atoms with Crippen molar-refractivity contribution in [1.82, 2.24) is 15.1 Å². The predicted octanol–water partition coefficient (Wildman–Crippen LogP) is 2.54. The van der Waals surface area contributed by atoms with Crippen LogP contribution in [0.4, 0.5) is 11.5 Å². The van der Waals surface area contributed by atoms with Crippen molar-refractivity contribution in [1.29, 1.82) is 0 Å². The second-order valence-electron chi connectivity index (χ2n) is 6.34. The molecule has 1 aromatic heterocycles. The quantitative estimate of drug-likeness (QED) is 0.734. The lowest BCUT2D eigenvalue weighted by atomic mass is 10.2. The zero-order chi connectivity index (χ0) is 19.1. The van der Waals surface area contributed by atoms with E-state index in [1.54, 1.807) is 19.2 Å². The van der Waals surface area contributed by atoms with Gasteiger partial charge in [0.15, 0.2) is 5.69 Å². The molecule has 1 aliphatic rings. The van der Waals surface area contributed by atoms with Crippen LogP contribution in [0.25, 0.3) is 0 Å². The maximum atomic E-state index is 12.7. The van der Waals surface area contributed by atoms with Crippen LogP contribution >= 0.6 is 11.6 Å². The van der Waals surface area contributed by atoms with E-state index in [1.807, 2.05) is 29.2 Å². The van der Waals surface area contributed by atoms with Gasteiger partial charge in [0.05, 0.1) is 0 Å². The summed E-state index contributed by atoms with van der Waals surface area (Å²) in [6, 6.07) is 11.3. The molecule has 1 aliphatic heterocycles. The average Bonchev–Trinajstić information content (AvgIpc) is 2.71. The number of nitrogens with one attached hydrogen (secondary N) is 1. The Morgan fingerprint density at radius 2 is 2.00 bits per heavy atom. The van der Waals surface area contributed by atoms with Gasteiger partial charge in [-0.3, -0.25) is 4.79 Å². The van der Waals surface area contributed by atoms with E-state index in [0.29, 0.717) is 31.2 Å². The van der Waals surface area contributed by atoms with Crippen molar-refractivity contribution in [3.63, 3.8) is 0 Å². The van der Waals surface area contributed by atoms with Crippen LogP contribution in [0.5, 0.6) is 0 Å². The Morgan fingerprint density at radius 3 is 2.67 bits per heavy atom. The largest absolute Gasteiger partial charge is 0.385 e. The number of anilines is 2. The number of halogens is 1. The van der Waals surface area contributed by atoms with Gasteiger partial charge in [-0.2, -0.15) is 0 Å². The molecule has 1 fully saturated rings. The molecular weight excluding hydrogens is 366 g/mol. The summed E-state index contributed by atoms with van der Waals surface area (Å²) in [5, 5.41) is 12.0. The summed E-state index contributed by atoms with van der Waals surface area (Å²) in [5.74, 6) is 0.576. The number of carbonyl (C=O) groups is 1. The standard InChI is InChI=1S/C19H24ClN5O2/c1-27-13-3-8-21-18-7-6-17(22-23-18)19(26)25-11-9-24(10-12-25)16-5-2-4-15(20)14-16/h2,4-7,14H,3,8-13H2,1H3,(H,21,23). The lowest BCUT2D eigenvalue weighted by Crippen LogP contribution is -2.49. The summed E-state index contributed by atoms with van der Waals surface area (Å²) in [6.45, 7) is 4.25. The first-order valence-corrected chi connectivity index (χ1v) is 9.41. The number of amides is 1. The number of methoxy groups -OCH3 is 1. The van der Waals surface area contributed by atoms with Crippen LogP contribution in [0.2, 0.25) is 5.02 Å². The monoisotopic (exact) mass is 389 g/mol. The molecule has 0 spiro atoms. The Bertz CT molecular complexity index is 748. The van der Waals surface area contributed by atoms with E-state index in [0.717, 1.165) is 36.8 Å². The number of carbonyl (C=O) groups excluding carboxylic acids is 1. The molecule has 0 radical (unpaired) electrons. The van der Waals surface area contributed by atoms with Crippen LogP contribution in [0.15, 0.2) is 36.4 Å². The molecule has 27 heavy (non-hydrogen) atoms. The number of hydrogen-bond acceptors (Lipinski definition) is 6. The fraction of sp³-hybridized carbons (Fsp3) is 0.421. The Kier molecular flexibility index (Phi) is 6.84. The average molecular weight is 390 g/mol. The third kappa shape index (κ3) is 5.30. The van der Waals surface area contributed by atoms with Gasteiger partial charge in [0.1, 0.15) is 5.82 Å². The van der Waals surface area contributed by atoms with Gasteiger partial charge in [-0.15, -0.1) is 10.2 Å². The number of benzene rings is 1. The highest BCUT2D eigenvalue weighted by atomic mass is 35.5. The molecule has 2 aromatic rings. The molecule has 1 saturated heterocycles. The van der Waals surface area contributed by atoms with Crippen molar-refractivity contribution in [3.8, 4) is 0 Å². The third-order valence-corrected chi connectivity index (χ3v) is 4.69. The van der Waals surface area contributed by atoms with E-state index in [9.17, 15) is 4.79 Å². The van der Waals surface area contributed by atoms with E-state index in [2.05, 4.69) is 20.4 Å². The highest BCUT2D eigenvalue weighted by Crippen LogP contribution is 2.21. The van der Waals surface area contributed by atoms with Crippen LogP contribution in [0.3, 0.4) is 0 Å². The first kappa shape index (κ1) is 19.4. The van der Waals surface area contributed by atoms with Crippen molar-refractivity contribution in [2.24, 2.45) is 0 Å². The fourth-order valence-electron chi connectivity index (χ4n) is 2.98. The fourth-order valence-corrected chi connectivity index (χ4v) is 3.16. The van der Waals surface area contributed by atoms with Gasteiger partial charge < -0.3 is 19.9 Å². The van der Waals surface area contributed by atoms with Gasteiger partial charge in [-0.1, -0.05) is 17.7 Å². The van der Waals surface area contributed by atoms with Gasteiger partial charge in [-0.25, -0.2) is 0 Å². The van der Waals surface area contributed by atoms with Gasteiger partial charge in [0.25, 0.3) is 5.91 Å². The molecule has 1 N–H and O–H groups in total. The normalized spacial score (nSPS) is 14.3. The molecule has 0 atom stereocenters. The van der Waals surface area contributed by atoms with Crippen LogP contribution in [-0.4, -0.2) is 67.4 Å². The van der Waals surface area contributed by atoms with Gasteiger partial charge in [0.2, 0.25) is 0 Å². The van der Waals surface area contributed by atoms with E-state index in [-0.39, 0.29) is 5.91 Å². The predicted molar refractivity (Wildman–Crippen MR) is 107 cm³/mol. The van der Waals surface area contributed by atoms with E-state index in [4.69, 9.17) is 16.3 Å². The summed E-state index contributed by atoms with van der Waals surface area (Å²) in [5.41, 5.74) is 1.45. The molecule has 7 nitrogen and oxygen atoms in total. The molecule has 0 bridgehead atoms. The third-order valence-electron chi connectivity index (χ3n) is 4.46. The summed E-state index contributed by atoms with van der Waals surface area (Å²) in [7, 11) is 1.68. The highest BCUT2D eigenvalue weighted by molar-refractivity contribution is 6.30. The minimum absolute atomic E-state index is 0.0841. The maximum Gasteiger partial charge on any atom is 0.274 e. The molecule has 0 saturated carbocycles. The lowest BCUT2D eigenvalue weighted by Gasteiger charge is -2.36. The molecular formula is C19H24ClN5O2. The van der Waals surface area contributed by atoms with Gasteiger partial charge >= 0.3 is 0 Å². The molecule has 0 unspecified atom stereocenters. The number of aromatic nitrogens is 2. The SMILES string of the molecule is COCCCNc1ccc(C(=O)N2CCN(c3cccc(Cl)c3)CC2)nn1. The Hall–Kier alpha value is -2.38. The van der Waals surface area contributed by atoms with Crippen molar-refractivity contribution in [2.75, 3.05) is 56.7 Å². The van der Waals surface area contributed by atoms with E-state index in [1.165, 1.54) is 0 Å². The van der Waals surface area contributed by atoms with Crippen LogP contribution in [0, 0.1) is 0 Å². The Balaban J connectivity index is 1.51. The molecule has 3 rings (SSSR count). The van der Waals surface area contributed by atoms with Crippen LogP contribution in [-0.2, 0) is 4.74 Å². The van der Waals surface area contributed by atoms with E-state index < -0.39 is 0 Å². The zero-order valence-electron chi connectivity index (χ0n) is 15.4. The summed E-state index contributed by atoms with van der Waals surface area (Å²) in [4.78, 5) is 16.7. The number of nitrogens with zero attached hydrogens (tertiary/aromatic N) is 4. The molecule has 8 heteroatoms. The van der Waals surface area contributed by atoms with Crippen molar-refractivity contribution in [3.05, 3.63) is 47.1 Å². The van der Waals surface area contributed by atoms with Crippen molar-refractivity contribution < 1.29 is 9.53 Å². The Morgan fingerprint density at radius 1 is 1.19 bits per heavy atom. The molecule has 1 aromatic carbocycles. The number of hydrogen-bond donors (Lipinski definition) is 1. The second kappa shape index (κ2) is 9.53. The number of rotatable bonds is 7. The minimum Gasteiger partial charge on any atom is -0.385 e. The topological polar surface area (TPSA) is 70.6 Å².